The Bertz CT molecular complexity index is 1370. The summed E-state index contributed by atoms with van der Waals surface area (Å²) >= 11 is 0. The molecular weight excluding hydrogens is 612 g/mol. The highest BCUT2D eigenvalue weighted by Gasteiger charge is 2.50. The number of methoxy groups -OCH3 is 2. The maximum absolute atomic E-state index is 10.4. The van der Waals surface area contributed by atoms with Crippen molar-refractivity contribution in [2.24, 2.45) is 0 Å². The van der Waals surface area contributed by atoms with Gasteiger partial charge >= 0.3 is 0 Å². The van der Waals surface area contributed by atoms with Crippen LogP contribution in [-0.2, 0) is 18.9 Å². The minimum Gasteiger partial charge on any atom is -0.504 e. The van der Waals surface area contributed by atoms with Crippen molar-refractivity contribution in [2.45, 2.75) is 60.7 Å². The molecule has 10 unspecified atom stereocenters. The van der Waals surface area contributed by atoms with E-state index in [1.807, 2.05) is 6.07 Å². The third-order valence-electron chi connectivity index (χ3n) is 8.40. The van der Waals surface area contributed by atoms with Gasteiger partial charge in [0.05, 0.1) is 53.2 Å². The fourth-order valence-corrected chi connectivity index (χ4v) is 5.68. The minimum atomic E-state index is -1.90. The molecule has 46 heavy (non-hydrogen) atoms. The van der Waals surface area contributed by atoms with Crippen LogP contribution >= 0.6 is 0 Å². The fourth-order valence-electron chi connectivity index (χ4n) is 5.68. The standard InChI is InChI=1S/C31H40O15/c1-40-20-10-16(5-6-19(20)34)26-18(11-32)17-8-15(9-21(41-2)27(17)46-26)4-3-7-42-29-25(37)24(36)23(35)22(45-29)12-43-30-28(38)31(39,13-33)14-44-30/h3-6,8-10,18,22-26,28-30,32-39H,7,11-14H2,1-2H3. The van der Waals surface area contributed by atoms with Gasteiger partial charge < -0.3 is 74.0 Å². The van der Waals surface area contributed by atoms with Gasteiger partial charge in [0.15, 0.2) is 35.6 Å². The molecule has 2 saturated heterocycles. The van der Waals surface area contributed by atoms with Crippen LogP contribution in [0, 0.1) is 0 Å². The lowest BCUT2D eigenvalue weighted by Crippen LogP contribution is -2.59. The van der Waals surface area contributed by atoms with E-state index >= 15 is 0 Å². The molecule has 8 N–H and O–H groups in total. The lowest BCUT2D eigenvalue weighted by molar-refractivity contribution is -0.307. The van der Waals surface area contributed by atoms with Gasteiger partial charge in [0, 0.05) is 5.56 Å². The van der Waals surface area contributed by atoms with Crippen LogP contribution in [0.15, 0.2) is 36.4 Å². The second-order valence-corrected chi connectivity index (χ2v) is 11.4. The van der Waals surface area contributed by atoms with Crippen molar-refractivity contribution in [1.29, 1.82) is 0 Å². The van der Waals surface area contributed by atoms with Crippen molar-refractivity contribution in [3.63, 3.8) is 0 Å². The van der Waals surface area contributed by atoms with Crippen LogP contribution in [0.3, 0.4) is 0 Å². The highest BCUT2D eigenvalue weighted by molar-refractivity contribution is 5.62. The molecular formula is C31H40O15. The molecule has 0 aromatic heterocycles. The Morgan fingerprint density at radius 1 is 0.935 bits per heavy atom. The molecule has 2 aromatic carbocycles. The summed E-state index contributed by atoms with van der Waals surface area (Å²) in [4.78, 5) is 0. The van der Waals surface area contributed by atoms with Gasteiger partial charge in [-0.25, -0.2) is 0 Å². The van der Waals surface area contributed by atoms with E-state index < -0.39 is 73.9 Å². The van der Waals surface area contributed by atoms with E-state index in [1.165, 1.54) is 20.3 Å². The summed E-state index contributed by atoms with van der Waals surface area (Å²) in [6.45, 7) is -1.84. The van der Waals surface area contributed by atoms with E-state index in [1.54, 1.807) is 30.4 Å². The van der Waals surface area contributed by atoms with Crippen LogP contribution in [0.4, 0.5) is 0 Å². The normalized spacial score (nSPS) is 34.1. The molecule has 0 spiro atoms. The van der Waals surface area contributed by atoms with Crippen LogP contribution in [0.1, 0.15) is 28.7 Å². The number of hydrogen-bond acceptors (Lipinski definition) is 15. The van der Waals surface area contributed by atoms with E-state index in [2.05, 4.69) is 0 Å². The highest BCUT2D eigenvalue weighted by Crippen LogP contribution is 2.51. The molecule has 0 amide bonds. The second kappa shape index (κ2) is 14.4. The summed E-state index contributed by atoms with van der Waals surface area (Å²) in [6, 6.07) is 8.41. The molecule has 15 heteroatoms. The topological polar surface area (TPSA) is 226 Å². The van der Waals surface area contributed by atoms with E-state index in [4.69, 9.17) is 33.2 Å². The molecule has 10 atom stereocenters. The first-order valence-corrected chi connectivity index (χ1v) is 14.6. The molecule has 2 aromatic rings. The number of ether oxygens (including phenoxy) is 7. The van der Waals surface area contributed by atoms with Crippen LogP contribution < -0.4 is 14.2 Å². The van der Waals surface area contributed by atoms with Gasteiger partial charge in [0.25, 0.3) is 0 Å². The zero-order valence-electron chi connectivity index (χ0n) is 25.2. The van der Waals surface area contributed by atoms with E-state index in [0.29, 0.717) is 28.2 Å². The molecule has 3 aliphatic rings. The number of aliphatic hydroxyl groups excluding tert-OH is 6. The quantitative estimate of drug-likeness (QED) is 0.136. The number of hydrogen-bond donors (Lipinski definition) is 8. The smallest absolute Gasteiger partial charge is 0.187 e. The van der Waals surface area contributed by atoms with Gasteiger partial charge in [-0.05, 0) is 35.4 Å². The third-order valence-corrected chi connectivity index (χ3v) is 8.40. The van der Waals surface area contributed by atoms with Gasteiger partial charge in [0.2, 0.25) is 0 Å². The van der Waals surface area contributed by atoms with Crippen LogP contribution in [0.2, 0.25) is 0 Å². The van der Waals surface area contributed by atoms with Crippen molar-refractivity contribution in [1.82, 2.24) is 0 Å². The zero-order chi connectivity index (χ0) is 33.2. The Morgan fingerprint density at radius 2 is 1.70 bits per heavy atom. The van der Waals surface area contributed by atoms with Crippen LogP contribution in [0.25, 0.3) is 6.08 Å². The average Bonchev–Trinajstić information content (AvgIpc) is 3.58. The minimum absolute atomic E-state index is 0.0220. The lowest BCUT2D eigenvalue weighted by atomic mass is 9.90. The highest BCUT2D eigenvalue weighted by atomic mass is 16.7. The first kappa shape index (κ1) is 34.3. The summed E-state index contributed by atoms with van der Waals surface area (Å²) < 4.78 is 38.9. The fraction of sp³-hybridized carbons (Fsp3) is 0.548. The lowest BCUT2D eigenvalue weighted by Gasteiger charge is -2.40. The van der Waals surface area contributed by atoms with Gasteiger partial charge in [-0.1, -0.05) is 18.2 Å². The third kappa shape index (κ3) is 6.67. The Balaban J connectivity index is 1.23. The number of rotatable bonds is 12. The molecule has 3 aliphatic heterocycles. The SMILES string of the molecule is COc1cc(C2Oc3c(OC)cc(C=CCOC4OC(COC5OCC(O)(CO)C5O)C(O)C(O)C4O)cc3C2CO)ccc1O. The van der Waals surface area contributed by atoms with Gasteiger partial charge in [0.1, 0.15) is 42.2 Å². The van der Waals surface area contributed by atoms with Crippen molar-refractivity contribution in [3.8, 4) is 23.0 Å². The van der Waals surface area contributed by atoms with Gasteiger partial charge in [-0.3, -0.25) is 0 Å². The molecule has 5 rings (SSSR count). The monoisotopic (exact) mass is 652 g/mol. The predicted molar refractivity (Wildman–Crippen MR) is 156 cm³/mol. The van der Waals surface area contributed by atoms with Gasteiger partial charge in [-0.2, -0.15) is 0 Å². The number of aromatic hydroxyl groups is 1. The number of phenols is 1. The first-order valence-electron chi connectivity index (χ1n) is 14.6. The summed E-state index contributed by atoms with van der Waals surface area (Å²) in [5.41, 5.74) is 0.189. The molecule has 0 saturated carbocycles. The molecule has 0 aliphatic carbocycles. The van der Waals surface area contributed by atoms with E-state index in [-0.39, 0.29) is 31.3 Å². The second-order valence-electron chi connectivity index (χ2n) is 11.4. The van der Waals surface area contributed by atoms with Crippen molar-refractivity contribution in [3.05, 3.63) is 53.1 Å². The van der Waals surface area contributed by atoms with Crippen molar-refractivity contribution >= 4 is 6.08 Å². The Kier molecular flexibility index (Phi) is 10.7. The Labute approximate surface area is 264 Å². The molecule has 0 bridgehead atoms. The summed E-state index contributed by atoms with van der Waals surface area (Å²) in [7, 11) is 2.94. The van der Waals surface area contributed by atoms with Crippen LogP contribution in [0.5, 0.6) is 23.0 Å². The molecule has 15 nitrogen and oxygen atoms in total. The van der Waals surface area contributed by atoms with E-state index in [0.717, 1.165) is 0 Å². The van der Waals surface area contributed by atoms with Gasteiger partial charge in [-0.15, -0.1) is 0 Å². The van der Waals surface area contributed by atoms with Crippen LogP contribution in [-0.4, -0.2) is 137 Å². The molecule has 254 valence electrons. The Hall–Kier alpha value is -3.06. The maximum atomic E-state index is 10.4. The largest absolute Gasteiger partial charge is 0.504 e. The first-order chi connectivity index (χ1) is 22.0. The molecule has 3 heterocycles. The summed E-state index contributed by atoms with van der Waals surface area (Å²) in [6.07, 6.45) is -7.45. The van der Waals surface area contributed by atoms with Crippen molar-refractivity contribution < 1.29 is 74.0 Å². The number of phenolic OH excluding ortho intramolecular Hbond substituents is 1. The number of aliphatic hydroxyl groups is 7. The summed E-state index contributed by atoms with van der Waals surface area (Å²) in [5, 5.41) is 81.1. The van der Waals surface area contributed by atoms with Crippen molar-refractivity contribution in [2.75, 3.05) is 47.3 Å². The number of benzene rings is 2. The Morgan fingerprint density at radius 3 is 2.37 bits per heavy atom. The van der Waals surface area contributed by atoms with E-state index in [9.17, 15) is 40.9 Å². The molecule has 2 fully saturated rings. The molecule has 0 radical (unpaired) electrons. The summed E-state index contributed by atoms with van der Waals surface area (Å²) in [5.74, 6) is 0.710. The average molecular weight is 653 g/mol. The predicted octanol–water partition coefficient (Wildman–Crippen LogP) is -1.09. The number of fused-ring (bicyclic) bond motifs is 1. The maximum Gasteiger partial charge on any atom is 0.187 e. The zero-order valence-corrected chi connectivity index (χ0v) is 25.2.